The third kappa shape index (κ3) is 5.41. The molecule has 0 fully saturated rings. The Balaban J connectivity index is 2.71. The number of hydrogen-bond donors (Lipinski definition) is 1. The highest BCUT2D eigenvalue weighted by atomic mass is 32.2. The van der Waals surface area contributed by atoms with Gasteiger partial charge in [0.1, 0.15) is 12.4 Å². The van der Waals surface area contributed by atoms with E-state index < -0.39 is 14.6 Å². The lowest BCUT2D eigenvalue weighted by Crippen LogP contribution is -2.32. The van der Waals surface area contributed by atoms with Gasteiger partial charge in [-0.25, -0.2) is 8.42 Å². The van der Waals surface area contributed by atoms with Crippen molar-refractivity contribution in [2.45, 2.75) is 31.9 Å². The lowest BCUT2D eigenvalue weighted by molar-refractivity contribution is 0.305. The summed E-state index contributed by atoms with van der Waals surface area (Å²) >= 11 is 0. The van der Waals surface area contributed by atoms with Gasteiger partial charge in [-0.05, 0) is 32.9 Å². The standard InChI is InChI=1S/C16H22O4S/c1-16(2,3)21(18,19)13-12-20-15-10-5-4-8-14(15)9-6-7-11-17/h4-5,8,10,17H,7,11-13H2,1-3H3. The third-order valence-electron chi connectivity index (χ3n) is 2.89. The highest BCUT2D eigenvalue weighted by Crippen LogP contribution is 2.19. The molecule has 0 atom stereocenters. The molecule has 1 rings (SSSR count). The van der Waals surface area contributed by atoms with Gasteiger partial charge in [-0.2, -0.15) is 0 Å². The minimum atomic E-state index is -3.20. The van der Waals surface area contributed by atoms with E-state index in [2.05, 4.69) is 11.8 Å². The molecule has 0 aromatic heterocycles. The molecule has 0 radical (unpaired) electrons. The van der Waals surface area contributed by atoms with Gasteiger partial charge >= 0.3 is 0 Å². The van der Waals surface area contributed by atoms with Crippen LogP contribution in [0.4, 0.5) is 0 Å². The van der Waals surface area contributed by atoms with Crippen LogP contribution < -0.4 is 4.74 Å². The van der Waals surface area contributed by atoms with Gasteiger partial charge in [-0.1, -0.05) is 24.0 Å². The second-order valence-electron chi connectivity index (χ2n) is 5.55. The molecule has 0 aliphatic carbocycles. The van der Waals surface area contributed by atoms with Gasteiger partial charge in [0.15, 0.2) is 9.84 Å². The Labute approximate surface area is 127 Å². The average molecular weight is 310 g/mol. The predicted molar refractivity (Wildman–Crippen MR) is 84.1 cm³/mol. The Morgan fingerprint density at radius 1 is 1.24 bits per heavy atom. The zero-order chi connectivity index (χ0) is 15.9. The van der Waals surface area contributed by atoms with Crippen LogP contribution in [0.2, 0.25) is 0 Å². The summed E-state index contributed by atoms with van der Waals surface area (Å²) in [6.07, 6.45) is 0.396. The zero-order valence-electron chi connectivity index (χ0n) is 12.7. The molecule has 5 heteroatoms. The largest absolute Gasteiger partial charge is 0.491 e. The van der Waals surface area contributed by atoms with Crippen LogP contribution in [0.3, 0.4) is 0 Å². The van der Waals surface area contributed by atoms with E-state index in [1.807, 2.05) is 12.1 Å². The van der Waals surface area contributed by atoms with Crippen molar-refractivity contribution in [3.8, 4) is 17.6 Å². The molecule has 4 nitrogen and oxygen atoms in total. The number of rotatable bonds is 5. The molecule has 0 bridgehead atoms. The maximum atomic E-state index is 12.0. The average Bonchev–Trinajstić information content (AvgIpc) is 2.39. The number of ether oxygens (including phenoxy) is 1. The molecule has 21 heavy (non-hydrogen) atoms. The maximum absolute atomic E-state index is 12.0. The van der Waals surface area contributed by atoms with Crippen molar-refractivity contribution in [1.29, 1.82) is 0 Å². The van der Waals surface area contributed by atoms with Crippen molar-refractivity contribution in [2.24, 2.45) is 0 Å². The Kier molecular flexibility index (Phi) is 6.25. The number of benzene rings is 1. The molecule has 0 saturated heterocycles. The fourth-order valence-corrected chi connectivity index (χ4v) is 2.39. The van der Waals surface area contributed by atoms with Crippen molar-refractivity contribution in [2.75, 3.05) is 19.0 Å². The summed E-state index contributed by atoms with van der Waals surface area (Å²) in [5.74, 6) is 6.26. The Morgan fingerprint density at radius 2 is 1.90 bits per heavy atom. The van der Waals surface area contributed by atoms with Crippen LogP contribution in [0.15, 0.2) is 24.3 Å². The summed E-state index contributed by atoms with van der Waals surface area (Å²) < 4.78 is 28.8. The molecule has 1 aromatic rings. The molecule has 0 unspecified atom stereocenters. The van der Waals surface area contributed by atoms with Crippen LogP contribution >= 0.6 is 0 Å². The summed E-state index contributed by atoms with van der Waals surface area (Å²) in [6.45, 7) is 5.14. The zero-order valence-corrected chi connectivity index (χ0v) is 13.5. The molecule has 1 aromatic carbocycles. The van der Waals surface area contributed by atoms with Crippen molar-refractivity contribution in [3.63, 3.8) is 0 Å². The minimum Gasteiger partial charge on any atom is -0.491 e. The third-order valence-corrected chi connectivity index (χ3v) is 5.46. The van der Waals surface area contributed by atoms with Crippen LogP contribution in [0.5, 0.6) is 5.75 Å². The topological polar surface area (TPSA) is 63.6 Å². The molecule has 0 aliphatic heterocycles. The SMILES string of the molecule is CC(C)(C)S(=O)(=O)CCOc1ccccc1C#CCCO. The van der Waals surface area contributed by atoms with Crippen LogP contribution in [0, 0.1) is 11.8 Å². The molecular formula is C16H22O4S. The molecule has 0 spiro atoms. The van der Waals surface area contributed by atoms with E-state index >= 15 is 0 Å². The van der Waals surface area contributed by atoms with Crippen LogP contribution in [-0.2, 0) is 9.84 Å². The second kappa shape index (κ2) is 7.48. The quantitative estimate of drug-likeness (QED) is 0.845. The van der Waals surface area contributed by atoms with Crippen molar-refractivity contribution in [3.05, 3.63) is 29.8 Å². The van der Waals surface area contributed by atoms with E-state index in [9.17, 15) is 8.42 Å². The lowest BCUT2D eigenvalue weighted by Gasteiger charge is -2.19. The first-order chi connectivity index (χ1) is 9.78. The van der Waals surface area contributed by atoms with Crippen molar-refractivity contribution < 1.29 is 18.3 Å². The van der Waals surface area contributed by atoms with Gasteiger partial charge in [0.05, 0.1) is 22.7 Å². The summed E-state index contributed by atoms with van der Waals surface area (Å²) in [5, 5.41) is 8.72. The van der Waals surface area contributed by atoms with Crippen LogP contribution in [-0.4, -0.2) is 37.2 Å². The van der Waals surface area contributed by atoms with E-state index in [-0.39, 0.29) is 19.0 Å². The Hall–Kier alpha value is -1.51. The van der Waals surface area contributed by atoms with E-state index in [1.54, 1.807) is 32.9 Å². The van der Waals surface area contributed by atoms with E-state index in [4.69, 9.17) is 9.84 Å². The first-order valence-corrected chi connectivity index (χ1v) is 8.47. The number of hydrogen-bond acceptors (Lipinski definition) is 4. The number of aliphatic hydroxyl groups is 1. The highest BCUT2D eigenvalue weighted by molar-refractivity contribution is 7.92. The minimum absolute atomic E-state index is 0.0137. The number of para-hydroxylation sites is 1. The Morgan fingerprint density at radius 3 is 2.52 bits per heavy atom. The second-order valence-corrected chi connectivity index (χ2v) is 8.41. The number of aliphatic hydroxyl groups excluding tert-OH is 1. The molecule has 0 heterocycles. The van der Waals surface area contributed by atoms with Gasteiger partial charge in [-0.3, -0.25) is 0 Å². The summed E-state index contributed by atoms with van der Waals surface area (Å²) in [4.78, 5) is 0. The molecular weight excluding hydrogens is 288 g/mol. The first kappa shape index (κ1) is 17.5. The summed E-state index contributed by atoms with van der Waals surface area (Å²) in [6, 6.07) is 7.21. The summed E-state index contributed by atoms with van der Waals surface area (Å²) in [5.41, 5.74) is 0.694. The lowest BCUT2D eigenvalue weighted by atomic mass is 10.2. The predicted octanol–water partition coefficient (Wildman–Crippen LogP) is 2.01. The van der Waals surface area contributed by atoms with Gasteiger partial charge in [0, 0.05) is 6.42 Å². The molecule has 0 aliphatic rings. The number of sulfone groups is 1. The maximum Gasteiger partial charge on any atom is 0.158 e. The fraction of sp³-hybridized carbons (Fsp3) is 0.500. The molecule has 1 N–H and O–H groups in total. The monoisotopic (exact) mass is 310 g/mol. The molecule has 116 valence electrons. The fourth-order valence-electron chi connectivity index (χ4n) is 1.48. The van der Waals surface area contributed by atoms with E-state index in [0.717, 1.165) is 0 Å². The highest BCUT2D eigenvalue weighted by Gasteiger charge is 2.28. The van der Waals surface area contributed by atoms with Gasteiger partial charge in [0.25, 0.3) is 0 Å². The molecule has 0 saturated carbocycles. The smallest absolute Gasteiger partial charge is 0.158 e. The van der Waals surface area contributed by atoms with E-state index in [0.29, 0.717) is 17.7 Å². The first-order valence-electron chi connectivity index (χ1n) is 6.82. The summed E-state index contributed by atoms with van der Waals surface area (Å²) in [7, 11) is -3.20. The normalized spacial score (nSPS) is 11.6. The van der Waals surface area contributed by atoms with Gasteiger partial charge in [0.2, 0.25) is 0 Å². The van der Waals surface area contributed by atoms with Crippen molar-refractivity contribution >= 4 is 9.84 Å². The Bertz CT molecular complexity index is 616. The van der Waals surface area contributed by atoms with Crippen LogP contribution in [0.1, 0.15) is 32.8 Å². The van der Waals surface area contributed by atoms with Crippen molar-refractivity contribution in [1.82, 2.24) is 0 Å². The van der Waals surface area contributed by atoms with E-state index in [1.165, 1.54) is 0 Å². The van der Waals surface area contributed by atoms with Gasteiger partial charge in [-0.15, -0.1) is 0 Å². The molecule has 0 amide bonds. The van der Waals surface area contributed by atoms with Crippen LogP contribution in [0.25, 0.3) is 0 Å². The van der Waals surface area contributed by atoms with Gasteiger partial charge < -0.3 is 9.84 Å².